The molecular formula is C62H100O6. The number of carbonyl (C=O) groups is 3. The van der Waals surface area contributed by atoms with Crippen LogP contribution in [0.15, 0.2) is 122 Å². The fourth-order valence-electron chi connectivity index (χ4n) is 7.10. The molecule has 0 aromatic carbocycles. The van der Waals surface area contributed by atoms with Crippen LogP contribution in [0, 0.1) is 0 Å². The Hall–Kier alpha value is -4.19. The molecular weight excluding hydrogens is 841 g/mol. The summed E-state index contributed by atoms with van der Waals surface area (Å²) >= 11 is 0. The molecule has 1 atom stereocenters. The van der Waals surface area contributed by atoms with E-state index in [-0.39, 0.29) is 37.5 Å². The van der Waals surface area contributed by atoms with Crippen LogP contribution in [-0.4, -0.2) is 37.2 Å². The van der Waals surface area contributed by atoms with Crippen LogP contribution in [0.5, 0.6) is 0 Å². The maximum Gasteiger partial charge on any atom is 0.306 e. The first-order chi connectivity index (χ1) is 33.5. The second-order valence-corrected chi connectivity index (χ2v) is 17.8. The highest BCUT2D eigenvalue weighted by Crippen LogP contribution is 2.14. The zero-order chi connectivity index (χ0) is 49.3. The van der Waals surface area contributed by atoms with Gasteiger partial charge in [-0.2, -0.15) is 0 Å². The van der Waals surface area contributed by atoms with Gasteiger partial charge in [0.1, 0.15) is 13.2 Å². The van der Waals surface area contributed by atoms with E-state index in [1.807, 2.05) is 6.08 Å². The summed E-state index contributed by atoms with van der Waals surface area (Å²) < 4.78 is 16.7. The maximum absolute atomic E-state index is 12.8. The van der Waals surface area contributed by atoms with E-state index in [0.29, 0.717) is 19.3 Å². The summed E-state index contributed by atoms with van der Waals surface area (Å²) in [6.07, 6.45) is 76.2. The first-order valence-corrected chi connectivity index (χ1v) is 27.5. The Balaban J connectivity index is 4.54. The van der Waals surface area contributed by atoms with Crippen LogP contribution < -0.4 is 0 Å². The van der Waals surface area contributed by atoms with Crippen molar-refractivity contribution in [3.63, 3.8) is 0 Å². The van der Waals surface area contributed by atoms with Crippen LogP contribution in [0.25, 0.3) is 0 Å². The normalized spacial score (nSPS) is 13.0. The van der Waals surface area contributed by atoms with Gasteiger partial charge >= 0.3 is 17.9 Å². The number of allylic oxidation sites excluding steroid dienone is 20. The average molecular weight is 941 g/mol. The van der Waals surface area contributed by atoms with Crippen LogP contribution in [0.3, 0.4) is 0 Å². The van der Waals surface area contributed by atoms with E-state index in [0.717, 1.165) is 103 Å². The van der Waals surface area contributed by atoms with Crippen LogP contribution in [0.1, 0.15) is 233 Å². The number of carbonyl (C=O) groups excluding carboxylic acids is 3. The number of ether oxygens (including phenoxy) is 3. The number of esters is 3. The first kappa shape index (κ1) is 63.8. The Morgan fingerprint density at radius 1 is 0.309 bits per heavy atom. The van der Waals surface area contributed by atoms with Gasteiger partial charge in [-0.15, -0.1) is 0 Å². The van der Waals surface area contributed by atoms with Gasteiger partial charge in [0, 0.05) is 19.3 Å². The number of unbranched alkanes of at least 4 members (excludes halogenated alkanes) is 17. The van der Waals surface area contributed by atoms with Gasteiger partial charge in [0.05, 0.1) is 0 Å². The molecule has 0 N–H and O–H groups in total. The minimum absolute atomic E-state index is 0.120. The Morgan fingerprint density at radius 2 is 0.603 bits per heavy atom. The molecule has 0 saturated carbocycles. The van der Waals surface area contributed by atoms with Gasteiger partial charge in [0.15, 0.2) is 6.10 Å². The van der Waals surface area contributed by atoms with Gasteiger partial charge < -0.3 is 14.2 Å². The highest BCUT2D eigenvalue weighted by atomic mass is 16.6. The molecule has 0 unspecified atom stereocenters. The Morgan fingerprint density at radius 3 is 1.01 bits per heavy atom. The lowest BCUT2D eigenvalue weighted by atomic mass is 10.0. The zero-order valence-electron chi connectivity index (χ0n) is 43.8. The van der Waals surface area contributed by atoms with Crippen molar-refractivity contribution in [1.29, 1.82) is 0 Å². The fourth-order valence-corrected chi connectivity index (χ4v) is 7.10. The lowest BCUT2D eigenvalue weighted by molar-refractivity contribution is -0.166. The zero-order valence-corrected chi connectivity index (χ0v) is 43.8. The molecule has 0 aromatic heterocycles. The molecule has 0 spiro atoms. The van der Waals surface area contributed by atoms with Crippen molar-refractivity contribution >= 4 is 17.9 Å². The number of rotatable bonds is 48. The number of hydrogen-bond acceptors (Lipinski definition) is 6. The van der Waals surface area contributed by atoms with E-state index in [1.165, 1.54) is 83.5 Å². The lowest BCUT2D eigenvalue weighted by Gasteiger charge is -2.18. The summed E-state index contributed by atoms with van der Waals surface area (Å²) in [5.74, 6) is -1.04. The molecule has 0 heterocycles. The van der Waals surface area contributed by atoms with E-state index < -0.39 is 6.10 Å². The van der Waals surface area contributed by atoms with E-state index in [2.05, 4.69) is 136 Å². The van der Waals surface area contributed by atoms with Gasteiger partial charge in [-0.1, -0.05) is 232 Å². The SMILES string of the molecule is CC/C=C\C/C=C\C/C=C\C/C=C\C/C=C\CCCCCC(=O)OC[C@H](COC(=O)CC/C=C\C/C=C\C/C=C\C/C=C\C/C=C\CCCCC)OC(=O)CCCCCCCCCCCCCC. The van der Waals surface area contributed by atoms with Crippen LogP contribution in [-0.2, 0) is 28.6 Å². The largest absolute Gasteiger partial charge is 0.462 e. The smallest absolute Gasteiger partial charge is 0.306 e. The molecule has 0 aliphatic carbocycles. The monoisotopic (exact) mass is 941 g/mol. The van der Waals surface area contributed by atoms with E-state index in [9.17, 15) is 14.4 Å². The van der Waals surface area contributed by atoms with Crippen molar-refractivity contribution in [2.24, 2.45) is 0 Å². The summed E-state index contributed by atoms with van der Waals surface area (Å²) in [6.45, 7) is 6.39. The van der Waals surface area contributed by atoms with Crippen molar-refractivity contribution in [1.82, 2.24) is 0 Å². The van der Waals surface area contributed by atoms with E-state index >= 15 is 0 Å². The van der Waals surface area contributed by atoms with Crippen LogP contribution in [0.4, 0.5) is 0 Å². The predicted octanol–water partition coefficient (Wildman–Crippen LogP) is 18.5. The van der Waals surface area contributed by atoms with E-state index in [1.54, 1.807) is 0 Å². The minimum atomic E-state index is -0.823. The quantitative estimate of drug-likeness (QED) is 0.0262. The van der Waals surface area contributed by atoms with E-state index in [4.69, 9.17) is 14.2 Å². The average Bonchev–Trinajstić information content (AvgIpc) is 3.34. The third-order valence-corrected chi connectivity index (χ3v) is 11.2. The maximum atomic E-state index is 12.8. The number of hydrogen-bond donors (Lipinski definition) is 0. The van der Waals surface area contributed by atoms with Crippen molar-refractivity contribution in [3.8, 4) is 0 Å². The van der Waals surface area contributed by atoms with Gasteiger partial charge in [-0.3, -0.25) is 14.4 Å². The van der Waals surface area contributed by atoms with Crippen LogP contribution in [0.2, 0.25) is 0 Å². The van der Waals surface area contributed by atoms with Crippen molar-refractivity contribution < 1.29 is 28.6 Å². The second kappa shape index (κ2) is 55.4. The van der Waals surface area contributed by atoms with Crippen LogP contribution >= 0.6 is 0 Å². The summed E-state index contributed by atoms with van der Waals surface area (Å²) in [5, 5.41) is 0. The molecule has 0 rings (SSSR count). The molecule has 0 aliphatic heterocycles. The highest BCUT2D eigenvalue weighted by molar-refractivity contribution is 5.71. The Labute approximate surface area is 418 Å². The molecule has 0 aliphatic rings. The minimum Gasteiger partial charge on any atom is -0.462 e. The molecule has 0 bridgehead atoms. The topological polar surface area (TPSA) is 78.9 Å². The third-order valence-electron chi connectivity index (χ3n) is 11.2. The highest BCUT2D eigenvalue weighted by Gasteiger charge is 2.19. The molecule has 0 aromatic rings. The lowest BCUT2D eigenvalue weighted by Crippen LogP contribution is -2.30. The molecule has 0 amide bonds. The molecule has 0 saturated heterocycles. The van der Waals surface area contributed by atoms with Crippen molar-refractivity contribution in [3.05, 3.63) is 122 Å². The third kappa shape index (κ3) is 52.8. The predicted molar refractivity (Wildman–Crippen MR) is 293 cm³/mol. The summed E-state index contributed by atoms with van der Waals surface area (Å²) in [7, 11) is 0. The molecule has 6 heteroatoms. The second-order valence-electron chi connectivity index (χ2n) is 17.8. The first-order valence-electron chi connectivity index (χ1n) is 27.5. The Kier molecular flexibility index (Phi) is 52.0. The van der Waals surface area contributed by atoms with Gasteiger partial charge in [0.25, 0.3) is 0 Å². The molecule has 0 radical (unpaired) electrons. The molecule has 68 heavy (non-hydrogen) atoms. The standard InChI is InChI=1S/C62H100O6/c1-4-7-10-13-16-19-22-25-27-29-31-33-35-37-40-42-45-48-51-54-60(63)66-57-59(68-62(65)56-53-50-47-44-39-24-21-18-15-12-9-6-3)58-67-61(64)55-52-49-46-43-41-38-36-34-32-30-28-26-23-20-17-14-11-8-5-2/h7,10,16-17,19-20,25-28,31-34,37-38,40-41,46,49,59H,4-6,8-9,11-15,18,21-24,29-30,35-36,39,42-45,47-48,50-58H2,1-3H3/b10-7-,19-16-,20-17-,27-25-,28-26-,33-31-,34-32-,40-37-,41-38-,49-46-/t59-/m1/s1. The fraction of sp³-hybridized carbons (Fsp3) is 0.629. The molecule has 384 valence electrons. The Bertz CT molecular complexity index is 1450. The van der Waals surface area contributed by atoms with Gasteiger partial charge in [-0.05, 0) is 103 Å². The summed E-state index contributed by atoms with van der Waals surface area (Å²) in [4.78, 5) is 38.0. The summed E-state index contributed by atoms with van der Waals surface area (Å²) in [6, 6.07) is 0. The summed E-state index contributed by atoms with van der Waals surface area (Å²) in [5.41, 5.74) is 0. The van der Waals surface area contributed by atoms with Crippen molar-refractivity contribution in [2.45, 2.75) is 239 Å². The molecule has 6 nitrogen and oxygen atoms in total. The van der Waals surface area contributed by atoms with Crippen molar-refractivity contribution in [2.75, 3.05) is 13.2 Å². The van der Waals surface area contributed by atoms with Gasteiger partial charge in [0.2, 0.25) is 0 Å². The van der Waals surface area contributed by atoms with Gasteiger partial charge in [-0.25, -0.2) is 0 Å². The molecule has 0 fully saturated rings.